The number of hydrogen-bond donors (Lipinski definition) is 1. The molecule has 2 aromatic heterocycles. The Morgan fingerprint density at radius 1 is 1.38 bits per heavy atom. The number of rotatable bonds is 1. The minimum atomic E-state index is 0.536. The largest absolute Gasteiger partial charge is 0.399 e. The number of halogens is 1. The molecule has 4 heteroatoms. The van der Waals surface area contributed by atoms with Gasteiger partial charge in [0, 0.05) is 23.9 Å². The minimum absolute atomic E-state index is 0.536. The first-order valence-electron chi connectivity index (χ1n) is 5.68. The lowest BCUT2D eigenvalue weighted by Gasteiger charge is -2.04. The molecule has 0 atom stereocenters. The van der Waals surface area contributed by atoms with Crippen molar-refractivity contribution in [3.63, 3.8) is 0 Å². The van der Waals surface area contributed by atoms with E-state index >= 15 is 0 Å². The molecular formula is C12H14ClN3. The van der Waals surface area contributed by atoms with Gasteiger partial charge in [-0.15, -0.1) is 0 Å². The van der Waals surface area contributed by atoms with Crippen LogP contribution in [0.25, 0.3) is 5.65 Å². The fourth-order valence-corrected chi connectivity index (χ4v) is 2.85. The third-order valence-corrected chi connectivity index (χ3v) is 3.73. The Hall–Kier alpha value is -1.22. The standard InChI is InChI=1S/C12H14ClN3/c13-12-11(8-3-1-2-4-8)15-10-7-9(14)5-6-16(10)12/h5-8H,1-4,14H2. The average Bonchev–Trinajstić information content (AvgIpc) is 2.86. The molecule has 1 aliphatic carbocycles. The molecular weight excluding hydrogens is 222 g/mol. The molecule has 0 amide bonds. The molecule has 0 unspecified atom stereocenters. The van der Waals surface area contributed by atoms with Crippen molar-refractivity contribution in [3.05, 3.63) is 29.2 Å². The van der Waals surface area contributed by atoms with Crippen molar-refractivity contribution >= 4 is 22.9 Å². The Kier molecular flexibility index (Phi) is 2.28. The summed E-state index contributed by atoms with van der Waals surface area (Å²) in [6, 6.07) is 3.71. The van der Waals surface area contributed by atoms with E-state index in [0.29, 0.717) is 5.92 Å². The van der Waals surface area contributed by atoms with Gasteiger partial charge >= 0.3 is 0 Å². The lowest BCUT2D eigenvalue weighted by Crippen LogP contribution is -1.93. The zero-order valence-corrected chi connectivity index (χ0v) is 9.74. The van der Waals surface area contributed by atoms with E-state index in [9.17, 15) is 0 Å². The highest BCUT2D eigenvalue weighted by Gasteiger charge is 2.23. The van der Waals surface area contributed by atoms with E-state index in [4.69, 9.17) is 17.3 Å². The number of nitrogens with zero attached hydrogens (tertiary/aromatic N) is 2. The van der Waals surface area contributed by atoms with Crippen LogP contribution >= 0.6 is 11.6 Å². The van der Waals surface area contributed by atoms with Crippen molar-refractivity contribution in [2.24, 2.45) is 0 Å². The van der Waals surface area contributed by atoms with Crippen molar-refractivity contribution in [3.8, 4) is 0 Å². The third kappa shape index (κ3) is 1.47. The summed E-state index contributed by atoms with van der Waals surface area (Å²) in [5.74, 6) is 0.536. The van der Waals surface area contributed by atoms with E-state index in [2.05, 4.69) is 4.98 Å². The van der Waals surface area contributed by atoms with Crippen molar-refractivity contribution in [2.75, 3.05) is 5.73 Å². The second-order valence-corrected chi connectivity index (χ2v) is 4.82. The molecule has 2 heterocycles. The quantitative estimate of drug-likeness (QED) is 0.825. The van der Waals surface area contributed by atoms with Gasteiger partial charge in [0.1, 0.15) is 10.8 Å². The van der Waals surface area contributed by atoms with Gasteiger partial charge in [-0.2, -0.15) is 0 Å². The zero-order valence-electron chi connectivity index (χ0n) is 8.99. The molecule has 0 bridgehead atoms. The van der Waals surface area contributed by atoms with Gasteiger partial charge in [0.05, 0.1) is 5.69 Å². The van der Waals surface area contributed by atoms with Crippen LogP contribution in [0.15, 0.2) is 18.3 Å². The summed E-state index contributed by atoms with van der Waals surface area (Å²) in [7, 11) is 0. The number of aromatic nitrogens is 2. The van der Waals surface area contributed by atoms with Gasteiger partial charge in [-0.25, -0.2) is 4.98 Å². The molecule has 0 aliphatic heterocycles. The van der Waals surface area contributed by atoms with Gasteiger partial charge in [0.2, 0.25) is 0 Å². The summed E-state index contributed by atoms with van der Waals surface area (Å²) in [5.41, 5.74) is 8.37. The normalized spacial score (nSPS) is 17.3. The van der Waals surface area contributed by atoms with Crippen LogP contribution in [-0.2, 0) is 0 Å². The second kappa shape index (κ2) is 3.67. The first-order chi connectivity index (χ1) is 7.75. The molecule has 16 heavy (non-hydrogen) atoms. The molecule has 0 aromatic carbocycles. The molecule has 2 aromatic rings. The summed E-state index contributed by atoms with van der Waals surface area (Å²) in [6.45, 7) is 0. The minimum Gasteiger partial charge on any atom is -0.399 e. The van der Waals surface area contributed by atoms with Crippen molar-refractivity contribution in [1.82, 2.24) is 9.38 Å². The summed E-state index contributed by atoms with van der Waals surface area (Å²) in [4.78, 5) is 4.61. The van der Waals surface area contributed by atoms with Gasteiger partial charge in [-0.3, -0.25) is 4.40 Å². The van der Waals surface area contributed by atoms with E-state index in [-0.39, 0.29) is 0 Å². The molecule has 0 spiro atoms. The van der Waals surface area contributed by atoms with Crippen LogP contribution in [0.1, 0.15) is 37.3 Å². The van der Waals surface area contributed by atoms with Crippen molar-refractivity contribution in [2.45, 2.75) is 31.6 Å². The maximum Gasteiger partial charge on any atom is 0.140 e. The van der Waals surface area contributed by atoms with E-state index in [1.807, 2.05) is 22.7 Å². The molecule has 84 valence electrons. The topological polar surface area (TPSA) is 43.3 Å². The Morgan fingerprint density at radius 3 is 2.88 bits per heavy atom. The fraction of sp³-hybridized carbons (Fsp3) is 0.417. The van der Waals surface area contributed by atoms with Crippen LogP contribution in [0.2, 0.25) is 5.15 Å². The number of nitrogen functional groups attached to an aromatic ring is 1. The zero-order chi connectivity index (χ0) is 11.1. The summed E-state index contributed by atoms with van der Waals surface area (Å²) in [5, 5.41) is 0.752. The number of imidazole rings is 1. The average molecular weight is 236 g/mol. The highest BCUT2D eigenvalue weighted by molar-refractivity contribution is 6.30. The highest BCUT2D eigenvalue weighted by Crippen LogP contribution is 2.37. The molecule has 1 fully saturated rings. The van der Waals surface area contributed by atoms with Crippen LogP contribution in [0.4, 0.5) is 5.69 Å². The SMILES string of the molecule is Nc1ccn2c(Cl)c(C3CCCC3)nc2c1. The number of fused-ring (bicyclic) bond motifs is 1. The maximum atomic E-state index is 6.35. The van der Waals surface area contributed by atoms with Crippen LogP contribution in [0.5, 0.6) is 0 Å². The molecule has 0 radical (unpaired) electrons. The monoisotopic (exact) mass is 235 g/mol. The number of hydrogen-bond acceptors (Lipinski definition) is 2. The van der Waals surface area contributed by atoms with E-state index in [1.165, 1.54) is 25.7 Å². The van der Waals surface area contributed by atoms with Gasteiger partial charge in [0.25, 0.3) is 0 Å². The highest BCUT2D eigenvalue weighted by atomic mass is 35.5. The Balaban J connectivity index is 2.14. The van der Waals surface area contributed by atoms with E-state index < -0.39 is 0 Å². The smallest absolute Gasteiger partial charge is 0.140 e. The Bertz CT molecular complexity index is 526. The van der Waals surface area contributed by atoms with Gasteiger partial charge in [-0.05, 0) is 18.9 Å². The Morgan fingerprint density at radius 2 is 2.12 bits per heavy atom. The van der Waals surface area contributed by atoms with Gasteiger partial charge in [0.15, 0.2) is 0 Å². The molecule has 3 nitrogen and oxygen atoms in total. The lowest BCUT2D eigenvalue weighted by atomic mass is 10.1. The molecule has 0 saturated heterocycles. The maximum absolute atomic E-state index is 6.35. The van der Waals surface area contributed by atoms with Crippen LogP contribution in [0.3, 0.4) is 0 Å². The summed E-state index contributed by atoms with van der Waals surface area (Å²) >= 11 is 6.35. The van der Waals surface area contributed by atoms with Gasteiger partial charge in [-0.1, -0.05) is 24.4 Å². The molecule has 1 saturated carbocycles. The molecule has 1 aliphatic rings. The van der Waals surface area contributed by atoms with E-state index in [0.717, 1.165) is 22.2 Å². The first kappa shape index (κ1) is 9.97. The second-order valence-electron chi connectivity index (χ2n) is 4.46. The fourth-order valence-electron chi connectivity index (χ4n) is 2.51. The molecule has 3 rings (SSSR count). The summed E-state index contributed by atoms with van der Waals surface area (Å²) in [6.07, 6.45) is 6.88. The Labute approximate surface area is 99.2 Å². The van der Waals surface area contributed by atoms with Crippen LogP contribution < -0.4 is 5.73 Å². The lowest BCUT2D eigenvalue weighted by molar-refractivity contribution is 0.703. The number of nitrogens with two attached hydrogens (primary N) is 1. The van der Waals surface area contributed by atoms with Crippen molar-refractivity contribution in [1.29, 1.82) is 0 Å². The molecule has 2 N–H and O–H groups in total. The van der Waals surface area contributed by atoms with Crippen molar-refractivity contribution < 1.29 is 0 Å². The predicted molar refractivity (Wildman–Crippen MR) is 65.8 cm³/mol. The number of anilines is 1. The predicted octanol–water partition coefficient (Wildman–Crippen LogP) is 3.23. The van der Waals surface area contributed by atoms with Crippen LogP contribution in [0, 0.1) is 0 Å². The number of pyridine rings is 1. The third-order valence-electron chi connectivity index (χ3n) is 3.36. The van der Waals surface area contributed by atoms with Gasteiger partial charge < -0.3 is 5.73 Å². The van der Waals surface area contributed by atoms with Crippen LogP contribution in [-0.4, -0.2) is 9.38 Å². The first-order valence-corrected chi connectivity index (χ1v) is 6.06. The van der Waals surface area contributed by atoms with E-state index in [1.54, 1.807) is 0 Å². The summed E-state index contributed by atoms with van der Waals surface area (Å²) < 4.78 is 1.91.